The summed E-state index contributed by atoms with van der Waals surface area (Å²) < 4.78 is 11.7. The lowest BCUT2D eigenvalue weighted by Gasteiger charge is -2.57. The summed E-state index contributed by atoms with van der Waals surface area (Å²) in [5.41, 5.74) is -0.443. The van der Waals surface area contributed by atoms with Crippen molar-refractivity contribution in [3.8, 4) is 0 Å². The van der Waals surface area contributed by atoms with E-state index in [-0.39, 0.29) is 78.6 Å². The molecule has 9 nitrogen and oxygen atoms in total. The van der Waals surface area contributed by atoms with Gasteiger partial charge in [-0.25, -0.2) is 0 Å². The van der Waals surface area contributed by atoms with Crippen LogP contribution in [0, 0.1) is 52.3 Å². The summed E-state index contributed by atoms with van der Waals surface area (Å²) >= 11 is 0. The zero-order valence-electron chi connectivity index (χ0n) is 34.2. The lowest BCUT2D eigenvalue weighted by atomic mass is 9.49. The molecular weight excluding hydrogens is 709 g/mol. The number of Topliss-reactive ketones (excluding diaryl/α,β-unsaturated/α-hetero) is 2. The molecule has 5 saturated carbocycles. The summed E-state index contributed by atoms with van der Waals surface area (Å²) in [6.45, 7) is 7.87. The molecule has 0 aromatic rings. The van der Waals surface area contributed by atoms with Crippen LogP contribution in [0.25, 0.3) is 0 Å². The number of aliphatic hydroxyl groups is 1. The Morgan fingerprint density at radius 3 is 2.36 bits per heavy atom. The van der Waals surface area contributed by atoms with Gasteiger partial charge in [-0.3, -0.25) is 28.8 Å². The van der Waals surface area contributed by atoms with Crippen LogP contribution < -0.4 is 0 Å². The first kappa shape index (κ1) is 41.0. The average molecular weight is 773 g/mol. The first-order chi connectivity index (χ1) is 26.7. The highest BCUT2D eigenvalue weighted by atomic mass is 16.6. The highest BCUT2D eigenvalue weighted by molar-refractivity contribution is 6.01. The summed E-state index contributed by atoms with van der Waals surface area (Å²) in [5.74, 6) is 0.820. The van der Waals surface area contributed by atoms with Crippen molar-refractivity contribution in [3.05, 3.63) is 35.5 Å². The van der Waals surface area contributed by atoms with Gasteiger partial charge < -0.3 is 14.6 Å². The van der Waals surface area contributed by atoms with Crippen molar-refractivity contribution in [2.45, 2.75) is 161 Å². The predicted octanol–water partition coefficient (Wildman–Crippen LogP) is 8.10. The van der Waals surface area contributed by atoms with E-state index in [0.717, 1.165) is 69.8 Å². The molecule has 7 unspecified atom stereocenters. The lowest BCUT2D eigenvalue weighted by molar-refractivity contribution is -0.182. The average Bonchev–Trinajstić information content (AvgIpc) is 3.71. The van der Waals surface area contributed by atoms with Gasteiger partial charge >= 0.3 is 11.9 Å². The number of hydrogen-bond acceptors (Lipinski definition) is 9. The number of allylic oxidation sites excluding steroid dienone is 5. The first-order valence-corrected chi connectivity index (χ1v) is 22.0. The van der Waals surface area contributed by atoms with Crippen LogP contribution in [0.4, 0.5) is 0 Å². The van der Waals surface area contributed by atoms with E-state index in [1.165, 1.54) is 5.57 Å². The zero-order chi connectivity index (χ0) is 40.0. The molecule has 0 heterocycles. The van der Waals surface area contributed by atoms with E-state index in [2.05, 4.69) is 13.8 Å². The molecule has 7 aliphatic rings. The number of fused-ring (bicyclic) bond motifs is 6. The fourth-order valence-electron chi connectivity index (χ4n) is 13.7. The Morgan fingerprint density at radius 2 is 1.59 bits per heavy atom. The molecule has 0 radical (unpaired) electrons. The molecule has 0 aromatic carbocycles. The molecule has 9 heteroatoms. The molecule has 0 amide bonds. The van der Waals surface area contributed by atoms with Gasteiger partial charge in [0.1, 0.15) is 17.0 Å². The van der Waals surface area contributed by atoms with Gasteiger partial charge in [0, 0.05) is 42.4 Å². The number of rotatable bonds is 13. The Kier molecular flexibility index (Phi) is 11.6. The number of ketones is 4. The maximum absolute atomic E-state index is 13.6. The third kappa shape index (κ3) is 7.25. The van der Waals surface area contributed by atoms with Crippen molar-refractivity contribution >= 4 is 35.1 Å². The molecule has 306 valence electrons. The second-order valence-corrected chi connectivity index (χ2v) is 19.2. The molecule has 7 aliphatic carbocycles. The molecule has 0 aromatic heterocycles. The van der Waals surface area contributed by atoms with Gasteiger partial charge in [-0.2, -0.15) is 0 Å². The van der Waals surface area contributed by atoms with Crippen molar-refractivity contribution in [1.82, 2.24) is 0 Å². The van der Waals surface area contributed by atoms with Crippen LogP contribution in [0.3, 0.4) is 0 Å². The molecule has 1 N–H and O–H groups in total. The standard InChI is InChI=1S/C47H64O9/c1-5-8-39(50)43-35(15-12-31-26-33(49)18-21-44(31,43)3)30-17-24-47(54,27-30)40(51)28-55-41(52)9-7-10-42(53)56-45(4)22-20-38-37-14-11-29-25-32(48)13-16-34(29)36(37)19-23-46(38,45)6-2/h18,21,25-26,30,34-38,43,54H,5-17,19-20,22-24,27-28H2,1-4H3/t30?,34?,35?,36?,37?,38?,43?,44-,45-,46-,47+/m0/s1. The molecule has 0 bridgehead atoms. The summed E-state index contributed by atoms with van der Waals surface area (Å²) in [7, 11) is 0. The van der Waals surface area contributed by atoms with E-state index < -0.39 is 35.0 Å². The summed E-state index contributed by atoms with van der Waals surface area (Å²) in [4.78, 5) is 77.4. The fraction of sp³-hybridized carbons (Fsp3) is 0.745. The topological polar surface area (TPSA) is 141 Å². The molecule has 0 aliphatic heterocycles. The maximum Gasteiger partial charge on any atom is 0.306 e. The van der Waals surface area contributed by atoms with Crippen LogP contribution in [0.5, 0.6) is 0 Å². The number of esters is 2. The number of carbonyl (C=O) groups is 6. The number of carbonyl (C=O) groups excluding carboxylic acids is 6. The fourth-order valence-corrected chi connectivity index (χ4v) is 13.7. The Bertz CT molecular complexity index is 1720. The highest BCUT2D eigenvalue weighted by Crippen LogP contribution is 2.67. The van der Waals surface area contributed by atoms with E-state index in [4.69, 9.17) is 9.47 Å². The van der Waals surface area contributed by atoms with E-state index in [9.17, 15) is 33.9 Å². The van der Waals surface area contributed by atoms with Gasteiger partial charge in [-0.1, -0.05) is 38.0 Å². The molecular formula is C47H64O9. The first-order valence-electron chi connectivity index (χ1n) is 22.0. The third-order valence-electron chi connectivity index (χ3n) is 16.5. The molecule has 7 rings (SSSR count). The second kappa shape index (κ2) is 15.9. The largest absolute Gasteiger partial charge is 0.459 e. The Hall–Kier alpha value is -3.20. The Balaban J connectivity index is 0.882. The zero-order valence-corrected chi connectivity index (χ0v) is 34.2. The van der Waals surface area contributed by atoms with Crippen LogP contribution in [0.2, 0.25) is 0 Å². The SMILES string of the molecule is CCCC(=O)C1C(C2CC[C@](O)(C(=O)COC(=O)CCCC(=O)O[C@@]3(C)CCC4C5CCC6=CC(=O)CCC6C5CC[C@@]43CC)C2)CCC2=CC(=O)C=C[C@@]21C. The minimum atomic E-state index is -1.63. The van der Waals surface area contributed by atoms with E-state index >= 15 is 0 Å². The van der Waals surface area contributed by atoms with Crippen molar-refractivity contribution in [3.63, 3.8) is 0 Å². The lowest BCUT2D eigenvalue weighted by Crippen LogP contribution is -2.54. The van der Waals surface area contributed by atoms with Crippen molar-refractivity contribution in [1.29, 1.82) is 0 Å². The van der Waals surface area contributed by atoms with Gasteiger partial charge in [-0.05, 0) is 157 Å². The highest BCUT2D eigenvalue weighted by Gasteiger charge is 2.64. The Morgan fingerprint density at radius 1 is 0.821 bits per heavy atom. The van der Waals surface area contributed by atoms with Crippen molar-refractivity contribution < 1.29 is 43.3 Å². The minimum absolute atomic E-state index is 0.0275. The van der Waals surface area contributed by atoms with Crippen LogP contribution in [0.1, 0.15) is 150 Å². The smallest absolute Gasteiger partial charge is 0.306 e. The molecule has 56 heavy (non-hydrogen) atoms. The van der Waals surface area contributed by atoms with Gasteiger partial charge in [-0.15, -0.1) is 0 Å². The molecule has 5 fully saturated rings. The van der Waals surface area contributed by atoms with Crippen LogP contribution in [0.15, 0.2) is 35.5 Å². The van der Waals surface area contributed by atoms with Gasteiger partial charge in [0.2, 0.25) is 5.78 Å². The van der Waals surface area contributed by atoms with Gasteiger partial charge in [0.25, 0.3) is 0 Å². The summed E-state index contributed by atoms with van der Waals surface area (Å²) in [6.07, 6.45) is 19.8. The van der Waals surface area contributed by atoms with Crippen molar-refractivity contribution in [2.75, 3.05) is 6.61 Å². The quantitative estimate of drug-likeness (QED) is 0.184. The third-order valence-corrected chi connectivity index (χ3v) is 16.5. The van der Waals surface area contributed by atoms with E-state index in [0.29, 0.717) is 49.4 Å². The molecule has 0 saturated heterocycles. The van der Waals surface area contributed by atoms with E-state index in [1.807, 2.05) is 26.0 Å². The van der Waals surface area contributed by atoms with Gasteiger partial charge in [0.05, 0.1) is 0 Å². The predicted molar refractivity (Wildman–Crippen MR) is 210 cm³/mol. The van der Waals surface area contributed by atoms with Crippen LogP contribution in [-0.4, -0.2) is 58.0 Å². The van der Waals surface area contributed by atoms with Gasteiger partial charge in [0.15, 0.2) is 18.2 Å². The Labute approximate surface area is 332 Å². The number of ether oxygens (including phenoxy) is 2. The normalized spacial score (nSPS) is 40.1. The monoisotopic (exact) mass is 772 g/mol. The van der Waals surface area contributed by atoms with Crippen molar-refractivity contribution in [2.24, 2.45) is 52.3 Å². The second-order valence-electron chi connectivity index (χ2n) is 19.2. The molecule has 11 atom stereocenters. The summed E-state index contributed by atoms with van der Waals surface area (Å²) in [6, 6.07) is 0. The van der Waals surface area contributed by atoms with E-state index in [1.54, 1.807) is 12.2 Å². The van der Waals surface area contributed by atoms with Crippen LogP contribution >= 0.6 is 0 Å². The number of hydrogen-bond donors (Lipinski definition) is 1. The summed E-state index contributed by atoms with van der Waals surface area (Å²) in [5, 5.41) is 11.5. The van der Waals surface area contributed by atoms with Crippen LogP contribution in [-0.2, 0) is 38.2 Å². The maximum atomic E-state index is 13.6. The minimum Gasteiger partial charge on any atom is -0.459 e. The molecule has 0 spiro atoms.